The smallest absolute Gasteiger partial charge is 0.319 e. The number of hydrogen-bond acceptors (Lipinski definition) is 18. The van der Waals surface area contributed by atoms with Gasteiger partial charge in [0.1, 0.15) is 11.4 Å². The lowest BCUT2D eigenvalue weighted by Gasteiger charge is -2.33. The fraction of sp³-hybridized carbons (Fsp3) is 0.471. The highest BCUT2D eigenvalue weighted by Crippen LogP contribution is 2.41. The standard InChI is InChI=1S/C68H86Cl4N12O12.ClH/c1-81-43-59(57-39-53(69)41-63(71)61(57)45-81)49-5-3-7-51(37-49)65-47-83(79-77-65)15-19-89-23-27-93-31-35-95-33-29-91-25-21-87-17-13-73-67(85)75-55-9-11-56(12-10-55)76-68(86)74-14-18-88-22-26-92-30-34-96-36-32-94-28-24-90-20-16-84-48-66(78-80-84)52-8-4-6-50(38-52)60-44-82(2)46-62-58(60)40-54(70)42-64(62)72;/h3-12,37-42,47-48,59-60H,13-36,43-46H2,1-2H3,(H2,73,75,85)(H2,74,76,86);1H/t59-,60-;/m0./s1. The predicted molar refractivity (Wildman–Crippen MR) is 376 cm³/mol. The van der Waals surface area contributed by atoms with E-state index in [1.165, 1.54) is 22.3 Å². The SMILES string of the molecule is CN1Cc2c(Cl)cc(Cl)cc2[C@H](c2cccc(-c3cn(CCOCCOCCOCCOCCOCCNC(=O)Nc4ccc(NC(=O)NCCOCCOCCOCCOCCOCCn5cc(-c6cccc([C@@H]7CN(C)Cc8c(Cl)cc(Cl)cc87)c6)nn5)cc4)nn3)c2)C1.Cl. The molecule has 0 aliphatic carbocycles. The zero-order chi connectivity index (χ0) is 67.1. The van der Waals surface area contributed by atoms with Crippen molar-refractivity contribution in [3.05, 3.63) is 163 Å². The molecule has 97 heavy (non-hydrogen) atoms. The van der Waals surface area contributed by atoms with E-state index in [1.807, 2.05) is 48.8 Å². The Kier molecular flexibility index (Phi) is 33.3. The van der Waals surface area contributed by atoms with Gasteiger partial charge in [-0.2, -0.15) is 0 Å². The minimum absolute atomic E-state index is 0. The summed E-state index contributed by atoms with van der Waals surface area (Å²) in [7, 11) is 4.21. The maximum atomic E-state index is 12.4. The minimum atomic E-state index is -0.383. The van der Waals surface area contributed by atoms with Crippen molar-refractivity contribution in [1.29, 1.82) is 0 Å². The van der Waals surface area contributed by atoms with Gasteiger partial charge in [-0.25, -0.2) is 19.0 Å². The Morgan fingerprint density at radius 3 is 1.12 bits per heavy atom. The van der Waals surface area contributed by atoms with Crippen LogP contribution in [-0.4, -0.2) is 224 Å². The largest absolute Gasteiger partial charge is 0.377 e. The number of nitrogens with zero attached hydrogens (tertiary/aromatic N) is 8. The first-order valence-corrected chi connectivity index (χ1v) is 33.7. The Bertz CT molecular complexity index is 3280. The van der Waals surface area contributed by atoms with Gasteiger partial charge in [-0.3, -0.25) is 0 Å². The third-order valence-corrected chi connectivity index (χ3v) is 16.7. The van der Waals surface area contributed by atoms with Crippen LogP contribution in [0.1, 0.15) is 45.2 Å². The number of benzene rings is 5. The lowest BCUT2D eigenvalue weighted by atomic mass is 9.84. The summed E-state index contributed by atoms with van der Waals surface area (Å²) in [5.41, 5.74) is 11.6. The molecule has 0 saturated heterocycles. The second kappa shape index (κ2) is 42.1. The molecule has 2 aliphatic rings. The van der Waals surface area contributed by atoms with Gasteiger partial charge in [0.05, 0.1) is 158 Å². The van der Waals surface area contributed by atoms with Crippen LogP contribution in [0.15, 0.2) is 109 Å². The van der Waals surface area contributed by atoms with Crippen molar-refractivity contribution in [2.45, 2.75) is 38.0 Å². The van der Waals surface area contributed by atoms with E-state index in [2.05, 4.69) is 102 Å². The number of nitrogens with one attached hydrogen (secondary N) is 4. The number of fused-ring (bicyclic) bond motifs is 2. The number of urea groups is 2. The minimum Gasteiger partial charge on any atom is -0.377 e. The Balaban J connectivity index is 0.0000120. The monoisotopic (exact) mass is 1440 g/mol. The molecule has 0 unspecified atom stereocenters. The number of likely N-dealkylation sites (N-methyl/N-ethyl adjacent to an activating group) is 2. The van der Waals surface area contributed by atoms with Gasteiger partial charge in [0.2, 0.25) is 0 Å². The Labute approximate surface area is 592 Å². The normalized spacial score (nSPS) is 14.6. The molecule has 0 spiro atoms. The molecular weight excluding hydrogens is 1350 g/mol. The van der Waals surface area contributed by atoms with Gasteiger partial charge >= 0.3 is 12.1 Å². The van der Waals surface area contributed by atoms with Crippen molar-refractivity contribution < 1.29 is 57.0 Å². The van der Waals surface area contributed by atoms with E-state index in [1.54, 1.807) is 33.6 Å². The van der Waals surface area contributed by atoms with Crippen molar-refractivity contribution in [2.75, 3.05) is 183 Å². The first-order valence-electron chi connectivity index (χ1n) is 32.2. The van der Waals surface area contributed by atoms with Crippen LogP contribution in [0.2, 0.25) is 20.1 Å². The van der Waals surface area contributed by atoms with E-state index >= 15 is 0 Å². The second-order valence-corrected chi connectivity index (χ2v) is 24.5. The third kappa shape index (κ3) is 25.9. The summed E-state index contributed by atoms with van der Waals surface area (Å²) < 4.78 is 59.8. The summed E-state index contributed by atoms with van der Waals surface area (Å²) in [6.45, 7) is 13.4. The molecule has 2 atom stereocenters. The summed E-state index contributed by atoms with van der Waals surface area (Å²) >= 11 is 26.0. The van der Waals surface area contributed by atoms with E-state index in [4.69, 9.17) is 93.8 Å². The van der Waals surface area contributed by atoms with Gasteiger partial charge in [-0.15, -0.1) is 22.6 Å². The van der Waals surface area contributed by atoms with Crippen LogP contribution in [0, 0.1) is 0 Å². The van der Waals surface area contributed by atoms with Gasteiger partial charge in [0, 0.05) is 93.7 Å². The van der Waals surface area contributed by atoms with Gasteiger partial charge in [0.25, 0.3) is 0 Å². The number of aromatic nitrogens is 6. The predicted octanol–water partition coefficient (Wildman–Crippen LogP) is 10.2. The fourth-order valence-electron chi connectivity index (χ4n) is 10.9. The molecule has 4 N–H and O–H groups in total. The van der Waals surface area contributed by atoms with E-state index in [-0.39, 0.29) is 36.3 Å². The van der Waals surface area contributed by atoms with Crippen molar-refractivity contribution >= 4 is 82.2 Å². The van der Waals surface area contributed by atoms with Gasteiger partial charge in [0.15, 0.2) is 0 Å². The van der Waals surface area contributed by atoms with E-state index in [9.17, 15) is 9.59 Å². The number of carbonyl (C=O) groups excluding carboxylic acids is 2. The van der Waals surface area contributed by atoms with Gasteiger partial charge in [-0.05, 0) is 108 Å². The lowest BCUT2D eigenvalue weighted by molar-refractivity contribution is -0.0113. The third-order valence-electron chi connectivity index (χ3n) is 15.6. The number of amides is 4. The number of carbonyl (C=O) groups is 2. The van der Waals surface area contributed by atoms with Gasteiger partial charge in [-0.1, -0.05) is 93.2 Å². The molecule has 4 amide bonds. The van der Waals surface area contributed by atoms with Crippen LogP contribution in [0.4, 0.5) is 21.0 Å². The lowest BCUT2D eigenvalue weighted by Crippen LogP contribution is -2.32. The fourth-order valence-corrected chi connectivity index (χ4v) is 12.0. The van der Waals surface area contributed by atoms with Crippen molar-refractivity contribution in [1.82, 2.24) is 50.4 Å². The summed E-state index contributed by atoms with van der Waals surface area (Å²) in [6, 6.07) is 30.5. The molecule has 5 aromatic carbocycles. The van der Waals surface area contributed by atoms with Crippen molar-refractivity contribution in [2.24, 2.45) is 0 Å². The molecule has 2 aliphatic heterocycles. The molecule has 4 heterocycles. The van der Waals surface area contributed by atoms with Crippen LogP contribution in [0.25, 0.3) is 22.5 Å². The summed E-state index contributed by atoms with van der Waals surface area (Å²) in [6.07, 6.45) is 3.86. The Hall–Kier alpha value is -6.11. The first kappa shape index (κ1) is 76.6. The quantitative estimate of drug-likeness (QED) is 0.0260. The van der Waals surface area contributed by atoms with Crippen molar-refractivity contribution in [3.8, 4) is 22.5 Å². The Morgan fingerprint density at radius 1 is 0.443 bits per heavy atom. The van der Waals surface area contributed by atoms with Crippen LogP contribution in [0.5, 0.6) is 0 Å². The molecule has 526 valence electrons. The number of halogens is 5. The molecule has 2 aromatic heterocycles. The highest BCUT2D eigenvalue weighted by molar-refractivity contribution is 6.35. The summed E-state index contributed by atoms with van der Waals surface area (Å²) in [5.74, 6) is 0.268. The molecule has 0 bridgehead atoms. The highest BCUT2D eigenvalue weighted by Gasteiger charge is 2.29. The van der Waals surface area contributed by atoms with Crippen molar-refractivity contribution in [3.63, 3.8) is 0 Å². The molecule has 7 aromatic rings. The topological polar surface area (TPSA) is 242 Å². The van der Waals surface area contributed by atoms with Gasteiger partial charge < -0.3 is 78.4 Å². The average molecular weight is 1440 g/mol. The zero-order valence-electron chi connectivity index (χ0n) is 54.7. The van der Waals surface area contributed by atoms with E-state index < -0.39 is 0 Å². The Morgan fingerprint density at radius 2 is 0.773 bits per heavy atom. The maximum Gasteiger partial charge on any atom is 0.319 e. The van der Waals surface area contributed by atoms with E-state index in [0.717, 1.165) is 59.8 Å². The number of anilines is 2. The number of ether oxygens (including phenoxy) is 10. The van der Waals surface area contributed by atoms with Crippen LogP contribution >= 0.6 is 58.8 Å². The second-order valence-electron chi connectivity index (χ2n) is 22.9. The maximum absolute atomic E-state index is 12.4. The number of hydrogen-bond donors (Lipinski definition) is 4. The molecule has 0 saturated carbocycles. The van der Waals surface area contributed by atoms with Crippen LogP contribution < -0.4 is 21.3 Å². The molecule has 24 nitrogen and oxygen atoms in total. The number of rotatable bonds is 42. The summed E-state index contributed by atoms with van der Waals surface area (Å²) in [5, 5.41) is 31.2. The molecule has 0 fully saturated rings. The van der Waals surface area contributed by atoms with E-state index in [0.29, 0.717) is 190 Å². The average Bonchev–Trinajstić information content (AvgIpc) is 1.20. The van der Waals surface area contributed by atoms with Crippen LogP contribution in [0.3, 0.4) is 0 Å². The molecule has 0 radical (unpaired) electrons. The summed E-state index contributed by atoms with van der Waals surface area (Å²) in [4.78, 5) is 29.3. The highest BCUT2D eigenvalue weighted by atomic mass is 35.5. The zero-order valence-corrected chi connectivity index (χ0v) is 58.6. The molecule has 9 rings (SSSR count). The first-order chi connectivity index (χ1) is 46.9. The van der Waals surface area contributed by atoms with Crippen LogP contribution in [-0.2, 0) is 73.5 Å². The molecule has 29 heteroatoms. The molecular formula is C68H87Cl5N12O12.